The highest BCUT2D eigenvalue weighted by atomic mass is 35.5. The molecule has 0 aliphatic carbocycles. The highest BCUT2D eigenvalue weighted by Gasteiger charge is 1.92. The van der Waals surface area contributed by atoms with Crippen molar-refractivity contribution in [2.45, 2.75) is 13.3 Å². The van der Waals surface area contributed by atoms with Crippen LogP contribution in [-0.2, 0) is 0 Å². The molecule has 0 unspecified atom stereocenters. The van der Waals surface area contributed by atoms with Crippen molar-refractivity contribution in [2.75, 3.05) is 11.9 Å². The van der Waals surface area contributed by atoms with E-state index in [-0.39, 0.29) is 0 Å². The van der Waals surface area contributed by atoms with Crippen molar-refractivity contribution in [1.29, 1.82) is 0 Å². The summed E-state index contributed by atoms with van der Waals surface area (Å²) >= 11 is 5.58. The van der Waals surface area contributed by atoms with E-state index in [4.69, 9.17) is 11.6 Å². The van der Waals surface area contributed by atoms with Crippen LogP contribution in [0.3, 0.4) is 0 Å². The van der Waals surface area contributed by atoms with Crippen LogP contribution in [0.2, 0.25) is 5.15 Å². The largest absolute Gasteiger partial charge is 0.368 e. The second-order valence-corrected chi connectivity index (χ2v) is 2.91. The highest BCUT2D eigenvalue weighted by molar-refractivity contribution is 6.29. The number of halogens is 1. The van der Waals surface area contributed by atoms with Gasteiger partial charge in [0.2, 0.25) is 0 Å². The smallest absolute Gasteiger partial charge is 0.151 e. The van der Waals surface area contributed by atoms with Crippen molar-refractivity contribution in [3.63, 3.8) is 0 Å². The molecule has 0 saturated heterocycles. The number of nitrogens with zero attached hydrogens (tertiary/aromatic N) is 2. The van der Waals surface area contributed by atoms with Crippen LogP contribution >= 0.6 is 11.6 Å². The molecule has 3 nitrogen and oxygen atoms in total. The summed E-state index contributed by atoms with van der Waals surface area (Å²) in [6.07, 6.45) is 5.10. The number of anilines is 1. The second kappa shape index (κ2) is 5.54. The van der Waals surface area contributed by atoms with E-state index >= 15 is 0 Å². The van der Waals surface area contributed by atoms with E-state index in [9.17, 15) is 0 Å². The monoisotopic (exact) mass is 197 g/mol. The molecule has 0 fully saturated rings. The molecule has 1 N–H and O–H groups in total. The Morgan fingerprint density at radius 2 is 2.31 bits per heavy atom. The van der Waals surface area contributed by atoms with Gasteiger partial charge in [0.05, 0.1) is 0 Å². The summed E-state index contributed by atoms with van der Waals surface area (Å²) in [4.78, 5) is 0. The predicted octanol–water partition coefficient (Wildman–Crippen LogP) is 2.51. The fraction of sp³-hybridized carbons (Fsp3) is 0.333. The zero-order chi connectivity index (χ0) is 9.52. The summed E-state index contributed by atoms with van der Waals surface area (Å²) in [7, 11) is 0. The fourth-order valence-corrected chi connectivity index (χ4v) is 0.961. The molecule has 0 aliphatic rings. The molecule has 4 heteroatoms. The summed E-state index contributed by atoms with van der Waals surface area (Å²) in [6, 6.07) is 3.53. The topological polar surface area (TPSA) is 37.8 Å². The van der Waals surface area contributed by atoms with E-state index in [1.807, 2.05) is 19.1 Å². The molecule has 1 heterocycles. The van der Waals surface area contributed by atoms with Crippen molar-refractivity contribution >= 4 is 17.4 Å². The molecule has 0 amide bonds. The van der Waals surface area contributed by atoms with Crippen LogP contribution in [0.4, 0.5) is 5.82 Å². The first-order valence-corrected chi connectivity index (χ1v) is 4.55. The Balaban J connectivity index is 2.33. The molecule has 0 aromatic carbocycles. The normalized spacial score (nSPS) is 10.6. The van der Waals surface area contributed by atoms with Gasteiger partial charge in [-0.15, -0.1) is 10.2 Å². The van der Waals surface area contributed by atoms with E-state index in [1.165, 1.54) is 0 Å². The average molecular weight is 198 g/mol. The third-order valence-electron chi connectivity index (χ3n) is 1.48. The maximum atomic E-state index is 5.58. The van der Waals surface area contributed by atoms with Crippen LogP contribution in [0.1, 0.15) is 13.3 Å². The standard InChI is InChI=1S/C9H12ClN3/c1-2-3-4-7-11-9-6-5-8(10)12-13-9/h2-3,5-6H,4,7H2,1H3,(H,11,13)/b3-2+. The molecule has 1 aromatic rings. The first kappa shape index (κ1) is 9.99. The van der Waals surface area contributed by atoms with Crippen LogP contribution in [0.15, 0.2) is 24.3 Å². The predicted molar refractivity (Wildman–Crippen MR) is 55.0 cm³/mol. The number of rotatable bonds is 4. The second-order valence-electron chi connectivity index (χ2n) is 2.53. The van der Waals surface area contributed by atoms with Crippen molar-refractivity contribution in [2.24, 2.45) is 0 Å². The van der Waals surface area contributed by atoms with Crippen LogP contribution in [0.5, 0.6) is 0 Å². The van der Waals surface area contributed by atoms with Gasteiger partial charge >= 0.3 is 0 Å². The van der Waals surface area contributed by atoms with Crippen LogP contribution in [0.25, 0.3) is 0 Å². The van der Waals surface area contributed by atoms with Crippen molar-refractivity contribution < 1.29 is 0 Å². The number of aromatic nitrogens is 2. The number of hydrogen-bond acceptors (Lipinski definition) is 3. The van der Waals surface area contributed by atoms with E-state index in [0.717, 1.165) is 18.8 Å². The van der Waals surface area contributed by atoms with E-state index in [0.29, 0.717) is 5.15 Å². The Morgan fingerprint density at radius 3 is 2.92 bits per heavy atom. The maximum absolute atomic E-state index is 5.58. The Kier molecular flexibility index (Phi) is 4.26. The lowest BCUT2D eigenvalue weighted by atomic mass is 10.4. The molecule has 0 spiro atoms. The lowest BCUT2D eigenvalue weighted by molar-refractivity contribution is 0.984. The third-order valence-corrected chi connectivity index (χ3v) is 1.69. The Morgan fingerprint density at radius 1 is 1.46 bits per heavy atom. The summed E-state index contributed by atoms with van der Waals surface area (Å²) in [5, 5.41) is 11.1. The zero-order valence-electron chi connectivity index (χ0n) is 7.50. The first-order valence-electron chi connectivity index (χ1n) is 4.17. The lowest BCUT2D eigenvalue weighted by Gasteiger charge is -2.01. The average Bonchev–Trinajstić information content (AvgIpc) is 2.15. The van der Waals surface area contributed by atoms with Gasteiger partial charge in [0.15, 0.2) is 5.15 Å². The molecule has 0 radical (unpaired) electrons. The van der Waals surface area contributed by atoms with Crippen LogP contribution in [-0.4, -0.2) is 16.7 Å². The lowest BCUT2D eigenvalue weighted by Crippen LogP contribution is -2.02. The maximum Gasteiger partial charge on any atom is 0.151 e. The molecule has 1 aromatic heterocycles. The third kappa shape index (κ3) is 3.90. The minimum Gasteiger partial charge on any atom is -0.368 e. The summed E-state index contributed by atoms with van der Waals surface area (Å²) in [5.74, 6) is 0.758. The molecule has 0 saturated carbocycles. The SMILES string of the molecule is C/C=C/CCNc1ccc(Cl)nn1. The molecule has 13 heavy (non-hydrogen) atoms. The summed E-state index contributed by atoms with van der Waals surface area (Å²) < 4.78 is 0. The summed E-state index contributed by atoms with van der Waals surface area (Å²) in [6.45, 7) is 2.86. The van der Waals surface area contributed by atoms with Gasteiger partial charge in [-0.25, -0.2) is 0 Å². The molecular formula is C9H12ClN3. The number of allylic oxidation sites excluding steroid dienone is 1. The Hall–Kier alpha value is -1.09. The van der Waals surface area contributed by atoms with E-state index in [2.05, 4.69) is 21.6 Å². The molecule has 70 valence electrons. The minimum atomic E-state index is 0.416. The molecular weight excluding hydrogens is 186 g/mol. The van der Waals surface area contributed by atoms with Crippen LogP contribution < -0.4 is 5.32 Å². The van der Waals surface area contributed by atoms with Crippen molar-refractivity contribution in [1.82, 2.24) is 10.2 Å². The van der Waals surface area contributed by atoms with Gasteiger partial charge in [0, 0.05) is 6.54 Å². The van der Waals surface area contributed by atoms with Gasteiger partial charge in [-0.1, -0.05) is 23.8 Å². The summed E-state index contributed by atoms with van der Waals surface area (Å²) in [5.41, 5.74) is 0. The molecule has 1 rings (SSSR count). The molecule has 0 atom stereocenters. The molecule has 0 aliphatic heterocycles. The van der Waals surface area contributed by atoms with Gasteiger partial charge in [-0.05, 0) is 25.5 Å². The number of hydrogen-bond donors (Lipinski definition) is 1. The highest BCUT2D eigenvalue weighted by Crippen LogP contribution is 2.05. The zero-order valence-corrected chi connectivity index (χ0v) is 8.25. The van der Waals surface area contributed by atoms with Gasteiger partial charge in [0.25, 0.3) is 0 Å². The van der Waals surface area contributed by atoms with Gasteiger partial charge in [-0.2, -0.15) is 0 Å². The van der Waals surface area contributed by atoms with E-state index in [1.54, 1.807) is 6.07 Å². The Bertz CT molecular complexity index is 269. The minimum absolute atomic E-state index is 0.416. The first-order chi connectivity index (χ1) is 6.33. The van der Waals surface area contributed by atoms with Crippen molar-refractivity contribution in [3.8, 4) is 0 Å². The van der Waals surface area contributed by atoms with E-state index < -0.39 is 0 Å². The molecule has 0 bridgehead atoms. The van der Waals surface area contributed by atoms with Crippen molar-refractivity contribution in [3.05, 3.63) is 29.4 Å². The van der Waals surface area contributed by atoms with Crippen LogP contribution in [0, 0.1) is 0 Å². The van der Waals surface area contributed by atoms with Gasteiger partial charge < -0.3 is 5.32 Å². The van der Waals surface area contributed by atoms with Gasteiger partial charge in [0.1, 0.15) is 5.82 Å². The Labute approximate surface area is 82.8 Å². The quantitative estimate of drug-likeness (QED) is 0.596. The van der Waals surface area contributed by atoms with Gasteiger partial charge in [-0.3, -0.25) is 0 Å². The number of nitrogens with one attached hydrogen (secondary N) is 1. The fourth-order valence-electron chi connectivity index (χ4n) is 0.861.